The molecule has 1 aromatic carbocycles. The molecule has 0 unspecified atom stereocenters. The highest BCUT2D eigenvalue weighted by molar-refractivity contribution is 9.10. The Morgan fingerprint density at radius 3 is 1.67 bits per heavy atom. The summed E-state index contributed by atoms with van der Waals surface area (Å²) in [5.74, 6) is 0. The van der Waals surface area contributed by atoms with Gasteiger partial charge in [0.1, 0.15) is 0 Å². The first kappa shape index (κ1) is 11.7. The highest BCUT2D eigenvalue weighted by Crippen LogP contribution is 2.05. The van der Waals surface area contributed by atoms with Gasteiger partial charge in [0.05, 0.1) is 0 Å². The van der Waals surface area contributed by atoms with E-state index in [9.17, 15) is 0 Å². The molecule has 0 aromatic heterocycles. The van der Waals surface area contributed by atoms with E-state index < -0.39 is 0 Å². The Hall–Kier alpha value is -0.300. The molecular weight excluding hydrogens is 212 g/mol. The number of unbranched alkanes of at least 4 members (excludes halogenated alkanes) is 2. The van der Waals surface area contributed by atoms with Gasteiger partial charge in [-0.25, -0.2) is 0 Å². The Morgan fingerprint density at radius 1 is 1.00 bits per heavy atom. The van der Waals surface area contributed by atoms with E-state index in [2.05, 4.69) is 29.8 Å². The van der Waals surface area contributed by atoms with E-state index in [4.69, 9.17) is 0 Å². The SMILES string of the molecule is Brc1ccccc1.CCCCC. The van der Waals surface area contributed by atoms with Gasteiger partial charge in [0.25, 0.3) is 0 Å². The first-order chi connectivity index (χ1) is 5.81. The highest BCUT2D eigenvalue weighted by Gasteiger charge is 1.74. The van der Waals surface area contributed by atoms with E-state index in [-0.39, 0.29) is 0 Å². The number of hydrogen-bond acceptors (Lipinski definition) is 0. The van der Waals surface area contributed by atoms with Gasteiger partial charge in [0.15, 0.2) is 0 Å². The molecule has 0 spiro atoms. The number of hydrogen-bond donors (Lipinski definition) is 0. The molecular formula is C11H17Br. The van der Waals surface area contributed by atoms with Gasteiger partial charge < -0.3 is 0 Å². The van der Waals surface area contributed by atoms with Crippen LogP contribution in [0.2, 0.25) is 0 Å². The second-order valence-corrected chi connectivity index (χ2v) is 3.56. The lowest BCUT2D eigenvalue weighted by atomic mass is 10.3. The van der Waals surface area contributed by atoms with Crippen LogP contribution in [-0.2, 0) is 0 Å². The minimum atomic E-state index is 1.13. The first-order valence-electron chi connectivity index (χ1n) is 4.51. The second-order valence-electron chi connectivity index (χ2n) is 2.65. The van der Waals surface area contributed by atoms with E-state index in [1.54, 1.807) is 0 Å². The fourth-order valence-electron chi connectivity index (χ4n) is 0.768. The molecule has 0 aliphatic carbocycles. The number of rotatable bonds is 2. The van der Waals surface area contributed by atoms with Crippen molar-refractivity contribution in [1.29, 1.82) is 0 Å². The van der Waals surface area contributed by atoms with Crippen LogP contribution in [0.25, 0.3) is 0 Å². The molecule has 0 aliphatic heterocycles. The smallest absolute Gasteiger partial charge is 0.0175 e. The van der Waals surface area contributed by atoms with Gasteiger partial charge in [-0.3, -0.25) is 0 Å². The summed E-state index contributed by atoms with van der Waals surface area (Å²) in [4.78, 5) is 0. The van der Waals surface area contributed by atoms with Crippen molar-refractivity contribution in [2.24, 2.45) is 0 Å². The molecule has 1 aromatic rings. The third-order valence-corrected chi connectivity index (χ3v) is 1.97. The van der Waals surface area contributed by atoms with Crippen LogP contribution < -0.4 is 0 Å². The second kappa shape index (κ2) is 8.79. The summed E-state index contributed by atoms with van der Waals surface area (Å²) in [6, 6.07) is 9.97. The number of halogens is 1. The summed E-state index contributed by atoms with van der Waals surface area (Å²) in [5.41, 5.74) is 0. The van der Waals surface area contributed by atoms with Crippen molar-refractivity contribution in [2.75, 3.05) is 0 Å². The summed E-state index contributed by atoms with van der Waals surface area (Å²) in [5, 5.41) is 0. The Balaban J connectivity index is 0.000000217. The fourth-order valence-corrected chi connectivity index (χ4v) is 1.07. The predicted octanol–water partition coefficient (Wildman–Crippen LogP) is 4.65. The van der Waals surface area contributed by atoms with Crippen molar-refractivity contribution in [3.05, 3.63) is 34.8 Å². The van der Waals surface area contributed by atoms with Crippen molar-refractivity contribution in [3.63, 3.8) is 0 Å². The Bertz CT molecular complexity index is 168. The third kappa shape index (κ3) is 7.80. The predicted molar refractivity (Wildman–Crippen MR) is 59.3 cm³/mol. The van der Waals surface area contributed by atoms with Gasteiger partial charge in [0, 0.05) is 4.47 Å². The minimum absolute atomic E-state index is 1.13. The molecule has 0 heterocycles. The summed E-state index contributed by atoms with van der Waals surface area (Å²) < 4.78 is 1.13. The molecule has 0 saturated heterocycles. The Labute approximate surface area is 84.1 Å². The maximum Gasteiger partial charge on any atom is 0.0175 e. The molecule has 0 saturated carbocycles. The normalized spacial score (nSPS) is 8.58. The lowest BCUT2D eigenvalue weighted by molar-refractivity contribution is 0.772. The summed E-state index contributed by atoms with van der Waals surface area (Å²) in [6.45, 7) is 4.42. The van der Waals surface area contributed by atoms with Gasteiger partial charge in [-0.1, -0.05) is 67.2 Å². The minimum Gasteiger partial charge on any atom is -0.0654 e. The first-order valence-corrected chi connectivity index (χ1v) is 5.31. The van der Waals surface area contributed by atoms with Crippen LogP contribution in [-0.4, -0.2) is 0 Å². The van der Waals surface area contributed by atoms with Crippen LogP contribution in [0.3, 0.4) is 0 Å². The average molecular weight is 229 g/mol. The maximum absolute atomic E-state index is 3.31. The van der Waals surface area contributed by atoms with E-state index in [1.165, 1.54) is 19.3 Å². The molecule has 0 atom stereocenters. The quantitative estimate of drug-likeness (QED) is 0.692. The monoisotopic (exact) mass is 228 g/mol. The zero-order valence-corrected chi connectivity index (χ0v) is 9.47. The molecule has 12 heavy (non-hydrogen) atoms. The van der Waals surface area contributed by atoms with Crippen molar-refractivity contribution < 1.29 is 0 Å². The van der Waals surface area contributed by atoms with Crippen molar-refractivity contribution in [1.82, 2.24) is 0 Å². The van der Waals surface area contributed by atoms with Crippen LogP contribution in [0.5, 0.6) is 0 Å². The zero-order chi connectivity index (χ0) is 9.23. The van der Waals surface area contributed by atoms with Gasteiger partial charge in [0.2, 0.25) is 0 Å². The summed E-state index contributed by atoms with van der Waals surface area (Å²) in [6.07, 6.45) is 4.08. The van der Waals surface area contributed by atoms with Crippen LogP contribution in [0, 0.1) is 0 Å². The van der Waals surface area contributed by atoms with E-state index in [0.29, 0.717) is 0 Å². The van der Waals surface area contributed by atoms with Gasteiger partial charge in [-0.15, -0.1) is 0 Å². The van der Waals surface area contributed by atoms with Gasteiger partial charge >= 0.3 is 0 Å². The standard InChI is InChI=1S/C6H5Br.C5H12/c7-6-4-2-1-3-5-6;1-3-5-4-2/h1-5H;3-5H2,1-2H3. The van der Waals surface area contributed by atoms with Gasteiger partial charge in [-0.05, 0) is 12.1 Å². The molecule has 1 heteroatoms. The lowest BCUT2D eigenvalue weighted by Crippen LogP contribution is -1.59. The van der Waals surface area contributed by atoms with Crippen LogP contribution in [0.15, 0.2) is 34.8 Å². The summed E-state index contributed by atoms with van der Waals surface area (Å²) >= 11 is 3.31. The molecule has 0 amide bonds. The average Bonchev–Trinajstić information content (AvgIpc) is 2.08. The molecule has 0 bridgehead atoms. The van der Waals surface area contributed by atoms with Crippen LogP contribution >= 0.6 is 15.9 Å². The van der Waals surface area contributed by atoms with Crippen molar-refractivity contribution in [2.45, 2.75) is 33.1 Å². The molecule has 0 radical (unpaired) electrons. The van der Waals surface area contributed by atoms with Crippen molar-refractivity contribution in [3.8, 4) is 0 Å². The van der Waals surface area contributed by atoms with Crippen LogP contribution in [0.4, 0.5) is 0 Å². The third-order valence-electron chi connectivity index (χ3n) is 1.44. The van der Waals surface area contributed by atoms with E-state index >= 15 is 0 Å². The fraction of sp³-hybridized carbons (Fsp3) is 0.455. The molecule has 0 nitrogen and oxygen atoms in total. The van der Waals surface area contributed by atoms with E-state index in [0.717, 1.165) is 4.47 Å². The Morgan fingerprint density at radius 2 is 1.50 bits per heavy atom. The lowest BCUT2D eigenvalue weighted by Gasteiger charge is -1.80. The van der Waals surface area contributed by atoms with Crippen molar-refractivity contribution >= 4 is 15.9 Å². The van der Waals surface area contributed by atoms with Crippen LogP contribution in [0.1, 0.15) is 33.1 Å². The Kier molecular flexibility index (Phi) is 8.57. The molecule has 0 aliphatic rings. The number of benzene rings is 1. The maximum atomic E-state index is 3.31. The highest BCUT2D eigenvalue weighted by atomic mass is 79.9. The van der Waals surface area contributed by atoms with E-state index in [1.807, 2.05) is 30.3 Å². The molecule has 0 fully saturated rings. The molecule has 68 valence electrons. The topological polar surface area (TPSA) is 0 Å². The summed E-state index contributed by atoms with van der Waals surface area (Å²) in [7, 11) is 0. The largest absolute Gasteiger partial charge is 0.0654 e. The van der Waals surface area contributed by atoms with Gasteiger partial charge in [-0.2, -0.15) is 0 Å². The molecule has 0 N–H and O–H groups in total. The zero-order valence-electron chi connectivity index (χ0n) is 7.89. The molecule has 1 rings (SSSR count).